The first-order valence-electron chi connectivity index (χ1n) is 12.5. The Hall–Kier alpha value is -1.64. The van der Waals surface area contributed by atoms with Gasteiger partial charge in [-0.15, -0.1) is 0 Å². The van der Waals surface area contributed by atoms with E-state index in [0.717, 1.165) is 37.3 Å². The van der Waals surface area contributed by atoms with Gasteiger partial charge in [-0.25, -0.2) is 13.1 Å². The molecule has 3 rings (SSSR count). The number of unbranched alkanes of at least 4 members (excludes halogenated alkanes) is 1. The van der Waals surface area contributed by atoms with E-state index in [9.17, 15) is 13.2 Å². The van der Waals surface area contributed by atoms with E-state index in [0.29, 0.717) is 32.1 Å². The SMILES string of the molecule is CCCCC(C)S(=O)(=O)NC1CCC(C(=O)Nc2ccc(N3C[C@@H](C)O[C@@H](C)C3)cc2)CC1. The van der Waals surface area contributed by atoms with Crippen LogP contribution in [0.15, 0.2) is 24.3 Å². The molecule has 7 nitrogen and oxygen atoms in total. The highest BCUT2D eigenvalue weighted by Gasteiger charge is 2.30. The van der Waals surface area contributed by atoms with Crippen LogP contribution in [0.25, 0.3) is 0 Å². The van der Waals surface area contributed by atoms with Crippen LogP contribution in [0, 0.1) is 5.92 Å². The van der Waals surface area contributed by atoms with E-state index in [2.05, 4.69) is 35.7 Å². The van der Waals surface area contributed by atoms with Gasteiger partial charge < -0.3 is 15.0 Å². The molecule has 1 heterocycles. The Balaban J connectivity index is 1.46. The summed E-state index contributed by atoms with van der Waals surface area (Å²) in [4.78, 5) is 15.1. The van der Waals surface area contributed by atoms with Gasteiger partial charge in [0, 0.05) is 36.4 Å². The van der Waals surface area contributed by atoms with E-state index in [1.807, 2.05) is 24.3 Å². The van der Waals surface area contributed by atoms with Gasteiger partial charge in [-0.05, 0) is 77.1 Å². The third kappa shape index (κ3) is 7.42. The minimum Gasteiger partial charge on any atom is -0.372 e. The number of carbonyl (C=O) groups is 1. The van der Waals surface area contributed by atoms with E-state index in [1.54, 1.807) is 6.92 Å². The van der Waals surface area contributed by atoms with Crippen LogP contribution in [-0.2, 0) is 19.6 Å². The molecule has 2 aliphatic rings. The average molecular weight is 480 g/mol. The summed E-state index contributed by atoms with van der Waals surface area (Å²) in [7, 11) is -3.30. The van der Waals surface area contributed by atoms with Crippen molar-refractivity contribution in [3.63, 3.8) is 0 Å². The standard InChI is InChI=1S/C25H41N3O4S/c1-5-6-7-20(4)33(30,31)27-23-10-8-21(9-11-23)25(29)26-22-12-14-24(15-13-22)28-16-18(2)32-19(3)17-28/h12-15,18-21,23,27H,5-11,16-17H2,1-4H3,(H,26,29)/t18-,19+,20?,21?,23?. The lowest BCUT2D eigenvalue weighted by Gasteiger charge is -2.36. The Morgan fingerprint density at radius 2 is 1.70 bits per heavy atom. The Kier molecular flexibility index (Phi) is 9.18. The molecule has 2 N–H and O–H groups in total. The predicted molar refractivity (Wildman–Crippen MR) is 134 cm³/mol. The van der Waals surface area contributed by atoms with Crippen molar-refractivity contribution >= 4 is 27.3 Å². The average Bonchev–Trinajstić information content (AvgIpc) is 2.77. The number of nitrogens with one attached hydrogen (secondary N) is 2. The molecule has 1 amide bonds. The van der Waals surface area contributed by atoms with Crippen LogP contribution < -0.4 is 14.9 Å². The molecule has 2 fully saturated rings. The van der Waals surface area contributed by atoms with Gasteiger partial charge >= 0.3 is 0 Å². The largest absolute Gasteiger partial charge is 0.372 e. The lowest BCUT2D eigenvalue weighted by molar-refractivity contribution is -0.120. The summed E-state index contributed by atoms with van der Waals surface area (Å²) in [5.41, 5.74) is 1.93. The molecule has 1 aromatic rings. The topological polar surface area (TPSA) is 87.7 Å². The number of carbonyl (C=O) groups excluding carboxylic acids is 1. The summed E-state index contributed by atoms with van der Waals surface area (Å²) < 4.78 is 33.8. The fourth-order valence-electron chi connectivity index (χ4n) is 4.86. The van der Waals surface area contributed by atoms with Crippen LogP contribution >= 0.6 is 0 Å². The van der Waals surface area contributed by atoms with Crippen LogP contribution in [0.1, 0.15) is 72.6 Å². The maximum atomic E-state index is 12.8. The zero-order chi connectivity index (χ0) is 24.0. The second-order valence-electron chi connectivity index (χ2n) is 9.86. The quantitative estimate of drug-likeness (QED) is 0.551. The number of hydrogen-bond acceptors (Lipinski definition) is 5. The van der Waals surface area contributed by atoms with Gasteiger partial charge in [0.25, 0.3) is 0 Å². The van der Waals surface area contributed by atoms with Crippen LogP contribution in [0.2, 0.25) is 0 Å². The molecule has 0 aromatic heterocycles. The first-order valence-corrected chi connectivity index (χ1v) is 14.0. The molecule has 186 valence electrons. The van der Waals surface area contributed by atoms with E-state index >= 15 is 0 Å². The number of anilines is 2. The number of benzene rings is 1. The van der Waals surface area contributed by atoms with Crippen molar-refractivity contribution in [2.75, 3.05) is 23.3 Å². The van der Waals surface area contributed by atoms with E-state index in [1.165, 1.54) is 0 Å². The highest BCUT2D eigenvalue weighted by molar-refractivity contribution is 7.90. The number of ether oxygens (including phenoxy) is 1. The first-order chi connectivity index (χ1) is 15.7. The van der Waals surface area contributed by atoms with Crippen LogP contribution in [0.4, 0.5) is 11.4 Å². The number of rotatable bonds is 9. The Morgan fingerprint density at radius 1 is 1.09 bits per heavy atom. The molecule has 1 unspecified atom stereocenters. The summed E-state index contributed by atoms with van der Waals surface area (Å²) >= 11 is 0. The normalized spacial score (nSPS) is 27.2. The maximum absolute atomic E-state index is 12.8. The minimum atomic E-state index is -3.30. The lowest BCUT2D eigenvalue weighted by Crippen LogP contribution is -2.45. The second kappa shape index (κ2) is 11.7. The van der Waals surface area contributed by atoms with Crippen molar-refractivity contribution in [3.8, 4) is 0 Å². The predicted octanol–water partition coefficient (Wildman–Crippen LogP) is 4.30. The number of amides is 1. The molecular formula is C25H41N3O4S. The highest BCUT2D eigenvalue weighted by Crippen LogP contribution is 2.28. The van der Waals surface area contributed by atoms with Gasteiger partial charge in [-0.2, -0.15) is 0 Å². The number of nitrogens with zero attached hydrogens (tertiary/aromatic N) is 1. The van der Waals surface area contributed by atoms with Crippen molar-refractivity contribution in [2.24, 2.45) is 5.92 Å². The van der Waals surface area contributed by atoms with Crippen LogP contribution in [0.3, 0.4) is 0 Å². The van der Waals surface area contributed by atoms with Gasteiger partial charge in [-0.3, -0.25) is 4.79 Å². The maximum Gasteiger partial charge on any atom is 0.227 e. The van der Waals surface area contributed by atoms with Crippen LogP contribution in [-0.4, -0.2) is 50.9 Å². The highest BCUT2D eigenvalue weighted by atomic mass is 32.2. The molecule has 8 heteroatoms. The lowest BCUT2D eigenvalue weighted by atomic mass is 9.86. The van der Waals surface area contributed by atoms with Crippen LogP contribution in [0.5, 0.6) is 0 Å². The van der Waals surface area contributed by atoms with Gasteiger partial charge in [-0.1, -0.05) is 19.8 Å². The van der Waals surface area contributed by atoms with Gasteiger partial charge in [0.2, 0.25) is 15.9 Å². The molecule has 0 spiro atoms. The monoisotopic (exact) mass is 479 g/mol. The zero-order valence-electron chi connectivity index (χ0n) is 20.5. The first kappa shape index (κ1) is 26.0. The molecular weight excluding hydrogens is 438 g/mol. The number of hydrogen-bond donors (Lipinski definition) is 2. The van der Waals surface area contributed by atoms with Crippen molar-refractivity contribution in [2.45, 2.75) is 96.1 Å². The summed E-state index contributed by atoms with van der Waals surface area (Å²) in [5, 5.41) is 2.67. The van der Waals surface area contributed by atoms with Crippen molar-refractivity contribution in [1.29, 1.82) is 0 Å². The van der Waals surface area contributed by atoms with E-state index < -0.39 is 10.0 Å². The number of sulfonamides is 1. The summed E-state index contributed by atoms with van der Waals surface area (Å²) in [6.07, 6.45) is 5.79. The van der Waals surface area contributed by atoms with E-state index in [4.69, 9.17) is 4.74 Å². The summed E-state index contributed by atoms with van der Waals surface area (Å²) in [6.45, 7) is 9.75. The van der Waals surface area contributed by atoms with Crippen molar-refractivity contribution in [3.05, 3.63) is 24.3 Å². The Morgan fingerprint density at radius 3 is 2.27 bits per heavy atom. The molecule has 1 saturated heterocycles. The molecule has 1 saturated carbocycles. The Bertz CT molecular complexity index is 856. The smallest absolute Gasteiger partial charge is 0.227 e. The molecule has 1 aliphatic carbocycles. The molecule has 1 aliphatic heterocycles. The molecule has 0 bridgehead atoms. The van der Waals surface area contributed by atoms with Gasteiger partial charge in [0.1, 0.15) is 0 Å². The summed E-state index contributed by atoms with van der Waals surface area (Å²) in [5.74, 6) is -0.0575. The number of morpholine rings is 1. The zero-order valence-corrected chi connectivity index (χ0v) is 21.4. The third-order valence-electron chi connectivity index (χ3n) is 6.84. The molecule has 0 radical (unpaired) electrons. The fraction of sp³-hybridized carbons (Fsp3) is 0.720. The van der Waals surface area contributed by atoms with Gasteiger partial charge in [0.05, 0.1) is 17.5 Å². The minimum absolute atomic E-state index is 0.0222. The second-order valence-corrected chi connectivity index (χ2v) is 12.0. The summed E-state index contributed by atoms with van der Waals surface area (Å²) in [6, 6.07) is 7.93. The van der Waals surface area contributed by atoms with Crippen molar-refractivity contribution in [1.82, 2.24) is 4.72 Å². The molecule has 1 aromatic carbocycles. The van der Waals surface area contributed by atoms with E-state index in [-0.39, 0.29) is 35.3 Å². The molecule has 3 atom stereocenters. The Labute approximate surface area is 199 Å². The fourth-order valence-corrected chi connectivity index (χ4v) is 6.27. The third-order valence-corrected chi connectivity index (χ3v) is 8.80. The van der Waals surface area contributed by atoms with Crippen molar-refractivity contribution < 1.29 is 17.9 Å². The molecule has 33 heavy (non-hydrogen) atoms. The van der Waals surface area contributed by atoms with Gasteiger partial charge in [0.15, 0.2) is 0 Å².